The Morgan fingerprint density at radius 3 is 3.12 bits per heavy atom. The predicted molar refractivity (Wildman–Crippen MR) is 93.3 cm³/mol. The van der Waals surface area contributed by atoms with Crippen molar-refractivity contribution in [3.05, 3.63) is 51.6 Å². The Morgan fingerprint density at radius 1 is 1.48 bits per heavy atom. The smallest absolute Gasteiger partial charge is 0.254 e. The van der Waals surface area contributed by atoms with Gasteiger partial charge < -0.3 is 10.1 Å². The van der Waals surface area contributed by atoms with Gasteiger partial charge in [-0.05, 0) is 24.6 Å². The van der Waals surface area contributed by atoms with Crippen LogP contribution in [0.25, 0.3) is 0 Å². The number of benzene rings is 1. The van der Waals surface area contributed by atoms with Crippen molar-refractivity contribution in [2.75, 3.05) is 13.2 Å². The number of rotatable bonds is 6. The summed E-state index contributed by atoms with van der Waals surface area (Å²) in [7, 11) is 0. The molecule has 1 aliphatic heterocycles. The van der Waals surface area contributed by atoms with Gasteiger partial charge in [-0.15, -0.1) is 0 Å². The van der Waals surface area contributed by atoms with Crippen LogP contribution in [0.1, 0.15) is 40.7 Å². The standard InChI is InChI=1S/C18H21ClFN3O2/c1-2-8-23-17-6-9-25-11-14(17)16(22-23)5-7-21-18(24)13-10-12(19)3-4-15(13)20/h3-4,10H,2,5-9,11H2,1H3,(H,21,24). The summed E-state index contributed by atoms with van der Waals surface area (Å²) in [4.78, 5) is 12.1. The minimum absolute atomic E-state index is 0.0469. The topological polar surface area (TPSA) is 56.2 Å². The van der Waals surface area contributed by atoms with Crippen molar-refractivity contribution in [1.82, 2.24) is 15.1 Å². The minimum Gasteiger partial charge on any atom is -0.376 e. The van der Waals surface area contributed by atoms with Gasteiger partial charge in [-0.25, -0.2) is 4.39 Å². The number of hydrogen-bond acceptors (Lipinski definition) is 3. The number of carbonyl (C=O) groups excluding carboxylic acids is 1. The first kappa shape index (κ1) is 17.9. The van der Waals surface area contributed by atoms with Gasteiger partial charge in [0.15, 0.2) is 0 Å². The van der Waals surface area contributed by atoms with Crippen molar-refractivity contribution in [3.63, 3.8) is 0 Å². The Labute approximate surface area is 151 Å². The minimum atomic E-state index is -0.583. The molecule has 134 valence electrons. The maximum absolute atomic E-state index is 13.7. The third-order valence-corrected chi connectivity index (χ3v) is 4.47. The van der Waals surface area contributed by atoms with E-state index in [1.54, 1.807) is 0 Å². The largest absolute Gasteiger partial charge is 0.376 e. The fraction of sp³-hybridized carbons (Fsp3) is 0.444. The van der Waals surface area contributed by atoms with Gasteiger partial charge in [0.1, 0.15) is 5.82 Å². The van der Waals surface area contributed by atoms with Crippen LogP contribution in [-0.2, 0) is 30.7 Å². The van der Waals surface area contributed by atoms with Gasteiger partial charge in [0.2, 0.25) is 0 Å². The van der Waals surface area contributed by atoms with E-state index in [0.717, 1.165) is 30.6 Å². The van der Waals surface area contributed by atoms with Crippen LogP contribution in [0, 0.1) is 5.82 Å². The first-order valence-corrected chi connectivity index (χ1v) is 8.86. The van der Waals surface area contributed by atoms with Gasteiger partial charge in [0.05, 0.1) is 24.5 Å². The molecular weight excluding hydrogens is 345 g/mol. The number of hydrogen-bond donors (Lipinski definition) is 1. The lowest BCUT2D eigenvalue weighted by Crippen LogP contribution is -2.27. The second-order valence-corrected chi connectivity index (χ2v) is 6.46. The highest BCUT2D eigenvalue weighted by Gasteiger charge is 2.21. The van der Waals surface area contributed by atoms with E-state index in [2.05, 4.69) is 17.3 Å². The molecule has 0 bridgehead atoms. The molecule has 3 rings (SSSR count). The van der Waals surface area contributed by atoms with Gasteiger partial charge in [-0.3, -0.25) is 9.48 Å². The van der Waals surface area contributed by atoms with Crippen LogP contribution in [0.3, 0.4) is 0 Å². The van der Waals surface area contributed by atoms with Crippen LogP contribution in [0.4, 0.5) is 4.39 Å². The molecule has 0 saturated carbocycles. The van der Waals surface area contributed by atoms with Gasteiger partial charge >= 0.3 is 0 Å². The molecule has 0 spiro atoms. The fourth-order valence-electron chi connectivity index (χ4n) is 3.04. The summed E-state index contributed by atoms with van der Waals surface area (Å²) in [5.74, 6) is -1.06. The predicted octanol–water partition coefficient (Wildman–Crippen LogP) is 3.13. The Kier molecular flexibility index (Phi) is 5.71. The highest BCUT2D eigenvalue weighted by Crippen LogP contribution is 2.21. The van der Waals surface area contributed by atoms with Crippen LogP contribution < -0.4 is 5.32 Å². The summed E-state index contributed by atoms with van der Waals surface area (Å²) in [6.45, 7) is 4.65. The number of carbonyl (C=O) groups is 1. The summed E-state index contributed by atoms with van der Waals surface area (Å²) >= 11 is 5.83. The molecule has 1 amide bonds. The molecule has 0 atom stereocenters. The van der Waals surface area contributed by atoms with Crippen molar-refractivity contribution in [2.24, 2.45) is 0 Å². The lowest BCUT2D eigenvalue weighted by Gasteiger charge is -2.15. The number of halogens is 2. The molecule has 1 N–H and O–H groups in total. The zero-order chi connectivity index (χ0) is 17.8. The zero-order valence-electron chi connectivity index (χ0n) is 14.1. The molecule has 0 unspecified atom stereocenters. The number of aryl methyl sites for hydroxylation is 1. The second-order valence-electron chi connectivity index (χ2n) is 6.03. The SMILES string of the molecule is CCCn1nc(CCNC(=O)c2cc(Cl)ccc2F)c2c1CCOC2. The van der Waals surface area contributed by atoms with E-state index in [1.165, 1.54) is 23.9 Å². The van der Waals surface area contributed by atoms with E-state index in [9.17, 15) is 9.18 Å². The summed E-state index contributed by atoms with van der Waals surface area (Å²) in [5, 5.41) is 7.74. The highest BCUT2D eigenvalue weighted by molar-refractivity contribution is 6.31. The van der Waals surface area contributed by atoms with Crippen LogP contribution >= 0.6 is 11.6 Å². The summed E-state index contributed by atoms with van der Waals surface area (Å²) in [6.07, 6.45) is 2.46. The number of aromatic nitrogens is 2. The molecule has 2 heterocycles. The second kappa shape index (κ2) is 7.97. The zero-order valence-corrected chi connectivity index (χ0v) is 14.9. The van der Waals surface area contributed by atoms with Crippen molar-refractivity contribution in [3.8, 4) is 0 Å². The van der Waals surface area contributed by atoms with E-state index in [-0.39, 0.29) is 5.56 Å². The lowest BCUT2D eigenvalue weighted by molar-refractivity contribution is 0.0950. The molecule has 0 saturated heterocycles. The molecule has 0 radical (unpaired) electrons. The third-order valence-electron chi connectivity index (χ3n) is 4.24. The van der Waals surface area contributed by atoms with Crippen LogP contribution in [0.2, 0.25) is 5.02 Å². The van der Waals surface area contributed by atoms with Gasteiger partial charge in [0.25, 0.3) is 5.91 Å². The number of fused-ring (bicyclic) bond motifs is 1. The van der Waals surface area contributed by atoms with E-state index in [0.29, 0.717) is 31.2 Å². The molecular formula is C18H21ClFN3O2. The summed E-state index contributed by atoms with van der Waals surface area (Å²) in [5.41, 5.74) is 3.25. The Morgan fingerprint density at radius 2 is 2.32 bits per heavy atom. The van der Waals surface area contributed by atoms with Crippen molar-refractivity contribution in [1.29, 1.82) is 0 Å². The molecule has 25 heavy (non-hydrogen) atoms. The highest BCUT2D eigenvalue weighted by atomic mass is 35.5. The van der Waals surface area contributed by atoms with Crippen molar-refractivity contribution >= 4 is 17.5 Å². The lowest BCUT2D eigenvalue weighted by atomic mass is 10.1. The van der Waals surface area contributed by atoms with Crippen LogP contribution in [-0.4, -0.2) is 28.8 Å². The third kappa shape index (κ3) is 4.02. The molecule has 2 aromatic rings. The quantitative estimate of drug-likeness (QED) is 0.855. The van der Waals surface area contributed by atoms with E-state index < -0.39 is 11.7 Å². The van der Waals surface area contributed by atoms with E-state index in [4.69, 9.17) is 16.3 Å². The Hall–Kier alpha value is -1.92. The Bertz CT molecular complexity index is 776. The van der Waals surface area contributed by atoms with Crippen molar-refractivity contribution < 1.29 is 13.9 Å². The number of amides is 1. The summed E-state index contributed by atoms with van der Waals surface area (Å²) in [6, 6.07) is 3.94. The van der Waals surface area contributed by atoms with Crippen LogP contribution in [0.15, 0.2) is 18.2 Å². The molecule has 1 aromatic heterocycles. The average Bonchev–Trinajstić information content (AvgIpc) is 2.95. The van der Waals surface area contributed by atoms with Gasteiger partial charge in [-0.2, -0.15) is 5.10 Å². The Balaban J connectivity index is 1.66. The normalized spacial score (nSPS) is 13.6. The summed E-state index contributed by atoms with van der Waals surface area (Å²) < 4.78 is 21.3. The maximum atomic E-state index is 13.7. The maximum Gasteiger partial charge on any atom is 0.254 e. The molecule has 0 aliphatic carbocycles. The number of nitrogens with one attached hydrogen (secondary N) is 1. The number of ether oxygens (including phenoxy) is 1. The van der Waals surface area contributed by atoms with Crippen molar-refractivity contribution in [2.45, 2.75) is 39.3 Å². The molecule has 1 aromatic carbocycles. The first-order chi connectivity index (χ1) is 12.1. The average molecular weight is 366 g/mol. The van der Waals surface area contributed by atoms with E-state index in [1.807, 2.05) is 4.68 Å². The molecule has 0 fully saturated rings. The molecule has 7 heteroatoms. The number of nitrogens with zero attached hydrogens (tertiary/aromatic N) is 2. The first-order valence-electron chi connectivity index (χ1n) is 8.48. The van der Waals surface area contributed by atoms with Gasteiger partial charge in [-0.1, -0.05) is 18.5 Å². The fourth-order valence-corrected chi connectivity index (χ4v) is 3.21. The van der Waals surface area contributed by atoms with Gasteiger partial charge in [0, 0.05) is 42.2 Å². The van der Waals surface area contributed by atoms with Crippen LogP contribution in [0.5, 0.6) is 0 Å². The monoisotopic (exact) mass is 365 g/mol. The molecule has 1 aliphatic rings. The van der Waals surface area contributed by atoms with E-state index >= 15 is 0 Å². The molecule has 5 nitrogen and oxygen atoms in total.